The van der Waals surface area contributed by atoms with Crippen molar-refractivity contribution >= 4 is 34.9 Å². The molecule has 0 bridgehead atoms. The van der Waals surface area contributed by atoms with Crippen molar-refractivity contribution in [2.24, 2.45) is 0 Å². The summed E-state index contributed by atoms with van der Waals surface area (Å²) in [4.78, 5) is 37.6. The molecular weight excluding hydrogens is 540 g/mol. The molecular formula is C33H31ClN2O5. The SMILES string of the molecule is CC(C(=O)NCCOc1ccc(CC(Nc2ccccc2C(=O)c2ccccc2)C(=O)O)cc1)c1ccc(Cl)cc1. The topological polar surface area (TPSA) is 105 Å². The summed E-state index contributed by atoms with van der Waals surface area (Å²) < 4.78 is 5.74. The van der Waals surface area contributed by atoms with Crippen LogP contribution in [0, 0.1) is 0 Å². The van der Waals surface area contributed by atoms with Gasteiger partial charge in [-0.2, -0.15) is 0 Å². The summed E-state index contributed by atoms with van der Waals surface area (Å²) in [5.74, 6) is -1.03. The second-order valence-electron chi connectivity index (χ2n) is 9.54. The molecule has 210 valence electrons. The number of ether oxygens (including phenoxy) is 1. The van der Waals surface area contributed by atoms with Crippen molar-refractivity contribution in [1.29, 1.82) is 0 Å². The van der Waals surface area contributed by atoms with Crippen molar-refractivity contribution in [2.45, 2.75) is 25.3 Å². The van der Waals surface area contributed by atoms with Gasteiger partial charge in [-0.25, -0.2) is 4.79 Å². The highest BCUT2D eigenvalue weighted by Gasteiger charge is 2.21. The number of carboxylic acid groups (broad SMARTS) is 1. The molecule has 0 saturated carbocycles. The minimum atomic E-state index is -1.03. The van der Waals surface area contributed by atoms with Crippen LogP contribution in [0.1, 0.15) is 39.9 Å². The maximum atomic E-state index is 13.0. The summed E-state index contributed by atoms with van der Waals surface area (Å²) in [6.07, 6.45) is 0.197. The number of para-hydroxylation sites is 1. The maximum Gasteiger partial charge on any atom is 0.326 e. The summed E-state index contributed by atoms with van der Waals surface area (Å²) >= 11 is 5.92. The molecule has 0 aliphatic rings. The van der Waals surface area contributed by atoms with Crippen LogP contribution in [-0.4, -0.2) is 42.0 Å². The van der Waals surface area contributed by atoms with Crippen LogP contribution in [0.4, 0.5) is 5.69 Å². The Morgan fingerprint density at radius 3 is 2.20 bits per heavy atom. The second-order valence-corrected chi connectivity index (χ2v) is 9.97. The first kappa shape index (κ1) is 29.4. The minimum Gasteiger partial charge on any atom is -0.492 e. The molecule has 0 heterocycles. The van der Waals surface area contributed by atoms with E-state index in [-0.39, 0.29) is 30.6 Å². The summed E-state index contributed by atoms with van der Waals surface area (Å²) in [5.41, 5.74) is 3.06. The van der Waals surface area contributed by atoms with Crippen molar-refractivity contribution in [3.05, 3.63) is 130 Å². The van der Waals surface area contributed by atoms with Gasteiger partial charge in [0.2, 0.25) is 5.91 Å². The van der Waals surface area contributed by atoms with E-state index < -0.39 is 12.0 Å². The van der Waals surface area contributed by atoms with Gasteiger partial charge in [-0.3, -0.25) is 9.59 Å². The maximum absolute atomic E-state index is 13.0. The number of nitrogens with one attached hydrogen (secondary N) is 2. The monoisotopic (exact) mass is 570 g/mol. The average Bonchev–Trinajstić information content (AvgIpc) is 3.00. The van der Waals surface area contributed by atoms with Crippen molar-refractivity contribution in [3.63, 3.8) is 0 Å². The van der Waals surface area contributed by atoms with Crippen molar-refractivity contribution in [3.8, 4) is 5.75 Å². The predicted molar refractivity (Wildman–Crippen MR) is 160 cm³/mol. The van der Waals surface area contributed by atoms with E-state index in [1.165, 1.54) is 0 Å². The normalized spacial score (nSPS) is 12.1. The van der Waals surface area contributed by atoms with Crippen LogP contribution in [0.25, 0.3) is 0 Å². The molecule has 7 nitrogen and oxygen atoms in total. The zero-order chi connectivity index (χ0) is 29.2. The van der Waals surface area contributed by atoms with Crippen molar-refractivity contribution in [1.82, 2.24) is 5.32 Å². The summed E-state index contributed by atoms with van der Waals surface area (Å²) in [6, 6.07) is 29.1. The Hall–Kier alpha value is -4.62. The molecule has 0 fully saturated rings. The molecule has 2 unspecified atom stereocenters. The van der Waals surface area contributed by atoms with Crippen LogP contribution in [0.2, 0.25) is 5.02 Å². The summed E-state index contributed by atoms with van der Waals surface area (Å²) in [5, 5.41) is 16.4. The van der Waals surface area contributed by atoms with Gasteiger partial charge in [0.05, 0.1) is 12.5 Å². The van der Waals surface area contributed by atoms with Crippen LogP contribution >= 0.6 is 11.6 Å². The highest BCUT2D eigenvalue weighted by Crippen LogP contribution is 2.22. The Kier molecular flexibility index (Phi) is 10.1. The average molecular weight is 571 g/mol. The van der Waals surface area contributed by atoms with E-state index in [1.54, 1.807) is 84.9 Å². The molecule has 4 aromatic rings. The van der Waals surface area contributed by atoms with Gasteiger partial charge in [0, 0.05) is 28.3 Å². The lowest BCUT2D eigenvalue weighted by atomic mass is 10.00. The molecule has 0 aliphatic heterocycles. The van der Waals surface area contributed by atoms with E-state index >= 15 is 0 Å². The fourth-order valence-corrected chi connectivity index (χ4v) is 4.42. The minimum absolute atomic E-state index is 0.106. The van der Waals surface area contributed by atoms with E-state index in [0.29, 0.717) is 34.1 Å². The zero-order valence-corrected chi connectivity index (χ0v) is 23.3. The Balaban J connectivity index is 1.30. The zero-order valence-electron chi connectivity index (χ0n) is 22.5. The quantitative estimate of drug-likeness (QED) is 0.135. The standard InChI is InChI=1S/C33H31ClN2O5/c1-22(24-13-15-26(34)16-14-24)32(38)35-19-20-41-27-17-11-23(12-18-27)21-30(33(39)40)36-29-10-6-5-9-28(29)31(37)25-7-3-2-4-8-25/h2-18,22,30,36H,19-21H2,1H3,(H,35,38)(H,39,40). The molecule has 1 amide bonds. The van der Waals surface area contributed by atoms with Crippen molar-refractivity contribution < 1.29 is 24.2 Å². The summed E-state index contributed by atoms with van der Waals surface area (Å²) in [7, 11) is 0. The van der Waals surface area contributed by atoms with E-state index in [2.05, 4.69) is 10.6 Å². The number of amides is 1. The third-order valence-electron chi connectivity index (χ3n) is 6.63. The van der Waals surface area contributed by atoms with Gasteiger partial charge >= 0.3 is 5.97 Å². The largest absolute Gasteiger partial charge is 0.492 e. The number of carbonyl (C=O) groups is 3. The highest BCUT2D eigenvalue weighted by atomic mass is 35.5. The number of benzene rings is 4. The Labute approximate surface area is 244 Å². The Morgan fingerprint density at radius 1 is 0.854 bits per heavy atom. The number of hydrogen-bond donors (Lipinski definition) is 3. The number of halogens is 1. The molecule has 0 aliphatic carbocycles. The van der Waals surface area contributed by atoms with Crippen LogP contribution in [-0.2, 0) is 16.0 Å². The lowest BCUT2D eigenvalue weighted by Gasteiger charge is -2.18. The number of anilines is 1. The number of carboxylic acids is 1. The van der Waals surface area contributed by atoms with E-state index in [9.17, 15) is 19.5 Å². The number of aliphatic carboxylic acids is 1. The Morgan fingerprint density at radius 2 is 1.51 bits per heavy atom. The predicted octanol–water partition coefficient (Wildman–Crippen LogP) is 5.98. The molecule has 0 aromatic heterocycles. The first-order valence-corrected chi connectivity index (χ1v) is 13.6. The number of ketones is 1. The molecule has 0 saturated heterocycles. The molecule has 4 aromatic carbocycles. The third-order valence-corrected chi connectivity index (χ3v) is 6.88. The lowest BCUT2D eigenvalue weighted by Crippen LogP contribution is -2.32. The lowest BCUT2D eigenvalue weighted by molar-refractivity contribution is -0.137. The third kappa shape index (κ3) is 8.19. The van der Waals surface area contributed by atoms with Crippen LogP contribution < -0.4 is 15.4 Å². The molecule has 8 heteroatoms. The smallest absolute Gasteiger partial charge is 0.326 e. The fraction of sp³-hybridized carbons (Fsp3) is 0.182. The highest BCUT2D eigenvalue weighted by molar-refractivity contribution is 6.30. The van der Waals surface area contributed by atoms with Gasteiger partial charge in [0.25, 0.3) is 0 Å². The van der Waals surface area contributed by atoms with Crippen LogP contribution in [0.5, 0.6) is 5.75 Å². The molecule has 0 radical (unpaired) electrons. The van der Waals surface area contributed by atoms with Crippen LogP contribution in [0.15, 0.2) is 103 Å². The van der Waals surface area contributed by atoms with Gasteiger partial charge in [-0.15, -0.1) is 0 Å². The fourth-order valence-electron chi connectivity index (χ4n) is 4.30. The molecule has 3 N–H and O–H groups in total. The second kappa shape index (κ2) is 14.1. The van der Waals surface area contributed by atoms with Gasteiger partial charge in [-0.1, -0.05) is 78.3 Å². The molecule has 2 atom stereocenters. The Bertz CT molecular complexity index is 1470. The number of hydrogen-bond acceptors (Lipinski definition) is 5. The van der Waals surface area contributed by atoms with E-state index in [0.717, 1.165) is 11.1 Å². The molecule has 4 rings (SSSR count). The van der Waals surface area contributed by atoms with E-state index in [4.69, 9.17) is 16.3 Å². The van der Waals surface area contributed by atoms with E-state index in [1.807, 2.05) is 25.1 Å². The van der Waals surface area contributed by atoms with Gasteiger partial charge < -0.3 is 20.5 Å². The van der Waals surface area contributed by atoms with Gasteiger partial charge in [0.15, 0.2) is 5.78 Å². The first-order chi connectivity index (χ1) is 19.8. The number of carbonyl (C=O) groups excluding carboxylic acids is 2. The van der Waals surface area contributed by atoms with Crippen LogP contribution in [0.3, 0.4) is 0 Å². The van der Waals surface area contributed by atoms with Gasteiger partial charge in [-0.05, 0) is 54.4 Å². The molecule has 41 heavy (non-hydrogen) atoms. The van der Waals surface area contributed by atoms with Gasteiger partial charge in [0.1, 0.15) is 18.4 Å². The molecule has 0 spiro atoms. The van der Waals surface area contributed by atoms with Crippen molar-refractivity contribution in [2.75, 3.05) is 18.5 Å². The number of rotatable bonds is 13. The summed E-state index contributed by atoms with van der Waals surface area (Å²) in [6.45, 7) is 2.45. The first-order valence-electron chi connectivity index (χ1n) is 13.2.